The van der Waals surface area contributed by atoms with Gasteiger partial charge in [-0.3, -0.25) is 0 Å². The molecule has 1 aromatic rings. The zero-order valence-corrected chi connectivity index (χ0v) is 9.26. The Bertz CT molecular complexity index is 293. The number of hydrogen-bond acceptors (Lipinski definition) is 3. The van der Waals surface area contributed by atoms with Gasteiger partial charge in [-0.2, -0.15) is 11.8 Å². The van der Waals surface area contributed by atoms with Gasteiger partial charge in [0.05, 0.1) is 12.7 Å². The van der Waals surface area contributed by atoms with E-state index in [1.54, 1.807) is 0 Å². The molecule has 3 heteroatoms. The van der Waals surface area contributed by atoms with E-state index in [1.165, 1.54) is 12.7 Å². The molecule has 14 heavy (non-hydrogen) atoms. The molecule has 0 aliphatic carbocycles. The van der Waals surface area contributed by atoms with Crippen LogP contribution in [0.1, 0.15) is 15.9 Å². The molecule has 1 rings (SSSR count). The third-order valence-corrected chi connectivity index (χ3v) is 2.58. The summed E-state index contributed by atoms with van der Waals surface area (Å²) in [5.74, 6) is 0.832. The molecule has 2 nitrogen and oxygen atoms in total. The van der Waals surface area contributed by atoms with E-state index in [2.05, 4.69) is 11.0 Å². The van der Waals surface area contributed by atoms with Crippen LogP contribution in [-0.2, 0) is 11.2 Å². The summed E-state index contributed by atoms with van der Waals surface area (Å²) in [6.07, 6.45) is 3.13. The van der Waals surface area contributed by atoms with Crippen molar-refractivity contribution >= 4 is 17.7 Å². The topological polar surface area (TPSA) is 26.3 Å². The lowest BCUT2D eigenvalue weighted by molar-refractivity contribution is 0.0600. The molecule has 0 radical (unpaired) electrons. The van der Waals surface area contributed by atoms with Crippen molar-refractivity contribution in [3.8, 4) is 0 Å². The minimum atomic E-state index is -0.276. The molecule has 0 N–H and O–H groups in total. The summed E-state index contributed by atoms with van der Waals surface area (Å²) in [6.45, 7) is 0. The van der Waals surface area contributed by atoms with Crippen molar-refractivity contribution in [1.82, 2.24) is 0 Å². The molecule has 1 aromatic carbocycles. The lowest BCUT2D eigenvalue weighted by atomic mass is 10.1. The maximum absolute atomic E-state index is 11.1. The van der Waals surface area contributed by atoms with Crippen LogP contribution in [-0.4, -0.2) is 25.1 Å². The van der Waals surface area contributed by atoms with E-state index in [-0.39, 0.29) is 5.97 Å². The Kier molecular flexibility index (Phi) is 4.53. The van der Waals surface area contributed by atoms with E-state index in [1.807, 2.05) is 36.0 Å². The zero-order chi connectivity index (χ0) is 10.4. The maximum atomic E-state index is 11.1. The fourth-order valence-corrected chi connectivity index (χ4v) is 1.59. The standard InChI is InChI=1S/C11H14O2S/c1-13-11(12)10-5-3-9(4-6-10)7-8-14-2/h3-6H,7-8H2,1-2H3. The van der Waals surface area contributed by atoms with Crippen molar-refractivity contribution in [2.45, 2.75) is 6.42 Å². The van der Waals surface area contributed by atoms with Gasteiger partial charge >= 0.3 is 5.97 Å². The summed E-state index contributed by atoms with van der Waals surface area (Å²) >= 11 is 1.82. The molecule has 0 aliphatic rings. The van der Waals surface area contributed by atoms with E-state index in [0.29, 0.717) is 5.56 Å². The van der Waals surface area contributed by atoms with Gasteiger partial charge in [-0.05, 0) is 36.1 Å². The Hall–Kier alpha value is -0.960. The van der Waals surface area contributed by atoms with Crippen molar-refractivity contribution < 1.29 is 9.53 Å². The van der Waals surface area contributed by atoms with Crippen LogP contribution < -0.4 is 0 Å². The zero-order valence-electron chi connectivity index (χ0n) is 8.45. The minimum Gasteiger partial charge on any atom is -0.465 e. The second kappa shape index (κ2) is 5.70. The quantitative estimate of drug-likeness (QED) is 0.714. The Morgan fingerprint density at radius 3 is 2.50 bits per heavy atom. The summed E-state index contributed by atoms with van der Waals surface area (Å²) in [4.78, 5) is 11.1. The summed E-state index contributed by atoms with van der Waals surface area (Å²) in [5, 5.41) is 0. The molecule has 0 aliphatic heterocycles. The van der Waals surface area contributed by atoms with Crippen molar-refractivity contribution in [3.05, 3.63) is 35.4 Å². The fraction of sp³-hybridized carbons (Fsp3) is 0.364. The number of rotatable bonds is 4. The van der Waals surface area contributed by atoms with Gasteiger partial charge in [-0.25, -0.2) is 4.79 Å². The third kappa shape index (κ3) is 3.07. The molecule has 0 saturated heterocycles. The molecule has 0 unspecified atom stereocenters. The second-order valence-corrected chi connectivity index (χ2v) is 3.92. The van der Waals surface area contributed by atoms with E-state index in [9.17, 15) is 4.79 Å². The van der Waals surface area contributed by atoms with Crippen molar-refractivity contribution in [1.29, 1.82) is 0 Å². The van der Waals surface area contributed by atoms with Gasteiger partial charge in [-0.15, -0.1) is 0 Å². The smallest absolute Gasteiger partial charge is 0.337 e. The van der Waals surface area contributed by atoms with Gasteiger partial charge in [0.15, 0.2) is 0 Å². The van der Waals surface area contributed by atoms with Crippen molar-refractivity contribution in [2.24, 2.45) is 0 Å². The molecule has 0 aromatic heterocycles. The van der Waals surface area contributed by atoms with Gasteiger partial charge in [0.25, 0.3) is 0 Å². The number of thioether (sulfide) groups is 1. The predicted molar refractivity (Wildman–Crippen MR) is 59.9 cm³/mol. The first-order valence-electron chi connectivity index (χ1n) is 4.44. The van der Waals surface area contributed by atoms with Gasteiger partial charge in [0, 0.05) is 0 Å². The molecule has 0 heterocycles. The average molecular weight is 210 g/mol. The Morgan fingerprint density at radius 2 is 2.00 bits per heavy atom. The Labute approximate surface area is 88.7 Å². The molecule has 0 amide bonds. The van der Waals surface area contributed by atoms with Gasteiger partial charge < -0.3 is 4.74 Å². The van der Waals surface area contributed by atoms with Crippen LogP contribution in [0.2, 0.25) is 0 Å². The minimum absolute atomic E-state index is 0.276. The average Bonchev–Trinajstić information content (AvgIpc) is 2.26. The number of carbonyl (C=O) groups is 1. The predicted octanol–water partition coefficient (Wildman–Crippen LogP) is 2.38. The highest BCUT2D eigenvalue weighted by Crippen LogP contribution is 2.08. The number of ether oxygens (including phenoxy) is 1. The van der Waals surface area contributed by atoms with E-state index < -0.39 is 0 Å². The number of esters is 1. The Balaban J connectivity index is 2.63. The van der Waals surface area contributed by atoms with Crippen LogP contribution in [0.15, 0.2) is 24.3 Å². The second-order valence-electron chi connectivity index (χ2n) is 2.93. The van der Waals surface area contributed by atoms with Crippen LogP contribution in [0.4, 0.5) is 0 Å². The van der Waals surface area contributed by atoms with Crippen molar-refractivity contribution in [3.63, 3.8) is 0 Å². The highest BCUT2D eigenvalue weighted by Gasteiger charge is 2.03. The van der Waals surface area contributed by atoms with Gasteiger partial charge in [0.2, 0.25) is 0 Å². The number of methoxy groups -OCH3 is 1. The van der Waals surface area contributed by atoms with E-state index >= 15 is 0 Å². The summed E-state index contributed by atoms with van der Waals surface area (Å²) in [7, 11) is 1.39. The summed E-state index contributed by atoms with van der Waals surface area (Å²) < 4.78 is 4.61. The molecular weight excluding hydrogens is 196 g/mol. The lowest BCUT2D eigenvalue weighted by Crippen LogP contribution is -2.01. The Morgan fingerprint density at radius 1 is 1.36 bits per heavy atom. The molecule has 0 spiro atoms. The van der Waals surface area contributed by atoms with Gasteiger partial charge in [0.1, 0.15) is 0 Å². The number of hydrogen-bond donors (Lipinski definition) is 0. The highest BCUT2D eigenvalue weighted by molar-refractivity contribution is 7.98. The lowest BCUT2D eigenvalue weighted by Gasteiger charge is -2.01. The number of benzene rings is 1. The van der Waals surface area contributed by atoms with Crippen LogP contribution in [0.5, 0.6) is 0 Å². The van der Waals surface area contributed by atoms with Crippen LogP contribution in [0.25, 0.3) is 0 Å². The molecule has 0 atom stereocenters. The van der Waals surface area contributed by atoms with Crippen LogP contribution in [0.3, 0.4) is 0 Å². The SMILES string of the molecule is COC(=O)c1ccc(CCSC)cc1. The first kappa shape index (κ1) is 11.1. The highest BCUT2D eigenvalue weighted by atomic mass is 32.2. The summed E-state index contributed by atoms with van der Waals surface area (Å²) in [6, 6.07) is 7.56. The normalized spacial score (nSPS) is 9.86. The van der Waals surface area contributed by atoms with Crippen LogP contribution >= 0.6 is 11.8 Å². The van der Waals surface area contributed by atoms with Gasteiger partial charge in [-0.1, -0.05) is 12.1 Å². The first-order valence-corrected chi connectivity index (χ1v) is 5.83. The largest absolute Gasteiger partial charge is 0.465 e. The molecule has 76 valence electrons. The molecule has 0 bridgehead atoms. The van der Waals surface area contributed by atoms with E-state index in [0.717, 1.165) is 12.2 Å². The molecule has 0 saturated carbocycles. The first-order chi connectivity index (χ1) is 6.77. The maximum Gasteiger partial charge on any atom is 0.337 e. The number of carbonyl (C=O) groups excluding carboxylic acids is 1. The summed E-state index contributed by atoms with van der Waals surface area (Å²) in [5.41, 5.74) is 1.87. The fourth-order valence-electron chi connectivity index (χ4n) is 1.15. The van der Waals surface area contributed by atoms with E-state index in [4.69, 9.17) is 0 Å². The monoisotopic (exact) mass is 210 g/mol. The third-order valence-electron chi connectivity index (χ3n) is 1.97. The number of aryl methyl sites for hydroxylation is 1. The molecule has 0 fully saturated rings. The van der Waals surface area contributed by atoms with Crippen molar-refractivity contribution in [2.75, 3.05) is 19.1 Å². The molecular formula is C11H14O2S. The van der Waals surface area contributed by atoms with Crippen LogP contribution in [0, 0.1) is 0 Å².